The lowest BCUT2D eigenvalue weighted by Gasteiger charge is -2.28. The lowest BCUT2D eigenvalue weighted by Crippen LogP contribution is -2.54. The van der Waals surface area contributed by atoms with Crippen LogP contribution in [0, 0.1) is 0 Å². The number of hydrogen-bond donors (Lipinski definition) is 2. The number of nitrogens with two attached hydrogens (primary N) is 1. The first-order chi connectivity index (χ1) is 6.96. The number of thiocarbonyl (C=S) groups is 1. The molecule has 0 aromatic rings. The molecule has 0 aromatic carbocycles. The van der Waals surface area contributed by atoms with Crippen molar-refractivity contribution in [2.45, 2.75) is 39.2 Å². The molecule has 88 valence electrons. The fraction of sp³-hybridized carbons (Fsp3) is 0.800. The highest BCUT2D eigenvalue weighted by atomic mass is 32.1. The first-order valence-corrected chi connectivity index (χ1v) is 5.55. The van der Waals surface area contributed by atoms with Gasteiger partial charge in [-0.15, -0.1) is 0 Å². The van der Waals surface area contributed by atoms with E-state index in [2.05, 4.69) is 5.32 Å². The molecular weight excluding hydrogens is 212 g/mol. The first kappa shape index (κ1) is 14.3. The van der Waals surface area contributed by atoms with Crippen LogP contribution in [0.5, 0.6) is 0 Å². The summed E-state index contributed by atoms with van der Waals surface area (Å²) in [7, 11) is 0. The summed E-state index contributed by atoms with van der Waals surface area (Å²) in [4.78, 5) is 11.7. The molecule has 0 aliphatic carbocycles. The minimum atomic E-state index is -0.609. The Kier molecular flexibility index (Phi) is 6.43. The minimum Gasteiger partial charge on any atom is -0.391 e. The van der Waals surface area contributed by atoms with E-state index in [1.165, 1.54) is 0 Å². The zero-order valence-electron chi connectivity index (χ0n) is 9.63. The van der Waals surface area contributed by atoms with Gasteiger partial charge < -0.3 is 15.8 Å². The summed E-state index contributed by atoms with van der Waals surface area (Å²) in [6, 6.07) is 0. The summed E-state index contributed by atoms with van der Waals surface area (Å²) in [5, 5.41) is 2.77. The average Bonchev–Trinajstić information content (AvgIpc) is 2.17. The minimum absolute atomic E-state index is 0.0616. The molecule has 5 heteroatoms. The molecule has 0 aromatic heterocycles. The van der Waals surface area contributed by atoms with E-state index in [1.807, 2.05) is 20.8 Å². The third-order valence-corrected chi connectivity index (χ3v) is 2.70. The maximum Gasteiger partial charge on any atom is 0.246 e. The maximum absolute atomic E-state index is 11.4. The van der Waals surface area contributed by atoms with Crippen LogP contribution in [0.3, 0.4) is 0 Å². The van der Waals surface area contributed by atoms with Crippen molar-refractivity contribution >= 4 is 23.1 Å². The summed E-state index contributed by atoms with van der Waals surface area (Å²) in [5.41, 5.74) is 4.95. The fourth-order valence-corrected chi connectivity index (χ4v) is 1.17. The Balaban J connectivity index is 4.08. The summed E-state index contributed by atoms with van der Waals surface area (Å²) >= 11 is 4.91. The van der Waals surface area contributed by atoms with Crippen LogP contribution in [0.4, 0.5) is 0 Å². The first-order valence-electron chi connectivity index (χ1n) is 5.15. The summed E-state index contributed by atoms with van der Waals surface area (Å²) in [6.07, 6.45) is 1.56. The molecule has 0 saturated heterocycles. The van der Waals surface area contributed by atoms with Crippen molar-refractivity contribution in [3.8, 4) is 0 Å². The number of amides is 1. The lowest BCUT2D eigenvalue weighted by molar-refractivity contribution is -0.126. The Morgan fingerprint density at radius 2 is 2.13 bits per heavy atom. The molecule has 0 radical (unpaired) electrons. The molecule has 1 amide bonds. The van der Waals surface area contributed by atoms with Crippen LogP contribution in [-0.2, 0) is 9.53 Å². The van der Waals surface area contributed by atoms with Gasteiger partial charge in [-0.05, 0) is 19.8 Å². The normalized spacial score (nSPS) is 14.3. The molecule has 0 bridgehead atoms. The van der Waals surface area contributed by atoms with Crippen molar-refractivity contribution in [1.82, 2.24) is 5.32 Å². The van der Waals surface area contributed by atoms with Gasteiger partial charge in [0.1, 0.15) is 6.61 Å². The molecule has 0 aliphatic heterocycles. The standard InChI is InChI=1S/C10H20N2O2S/c1-4-6-14-7-8(13)12-10(3,5-2)9(11)15/h4-7H2,1-3H3,(H2,11,15)(H,12,13). The van der Waals surface area contributed by atoms with E-state index in [1.54, 1.807) is 0 Å². The highest BCUT2D eigenvalue weighted by Gasteiger charge is 2.27. The molecular formula is C10H20N2O2S. The number of hydrogen-bond acceptors (Lipinski definition) is 3. The number of ether oxygens (including phenoxy) is 1. The number of carbonyl (C=O) groups is 1. The summed E-state index contributed by atoms with van der Waals surface area (Å²) < 4.78 is 5.12. The van der Waals surface area contributed by atoms with Gasteiger partial charge in [0.05, 0.1) is 10.5 Å². The molecule has 0 saturated carbocycles. The molecule has 0 fully saturated rings. The van der Waals surface area contributed by atoms with E-state index in [9.17, 15) is 4.79 Å². The monoisotopic (exact) mass is 232 g/mol. The predicted molar refractivity (Wildman–Crippen MR) is 64.7 cm³/mol. The van der Waals surface area contributed by atoms with Gasteiger partial charge in [-0.25, -0.2) is 0 Å². The predicted octanol–water partition coefficient (Wildman–Crippen LogP) is 0.984. The Hall–Kier alpha value is -0.680. The molecule has 0 aliphatic rings. The average molecular weight is 232 g/mol. The second-order valence-corrected chi connectivity index (χ2v) is 4.09. The topological polar surface area (TPSA) is 64.3 Å². The summed E-state index contributed by atoms with van der Waals surface area (Å²) in [6.45, 7) is 6.37. The van der Waals surface area contributed by atoms with Gasteiger partial charge >= 0.3 is 0 Å². The third-order valence-electron chi connectivity index (χ3n) is 2.25. The number of nitrogens with one attached hydrogen (secondary N) is 1. The largest absolute Gasteiger partial charge is 0.391 e. The van der Waals surface area contributed by atoms with Crippen LogP contribution in [0.25, 0.3) is 0 Å². The Bertz CT molecular complexity index is 233. The van der Waals surface area contributed by atoms with Gasteiger partial charge in [-0.1, -0.05) is 26.1 Å². The van der Waals surface area contributed by atoms with Crippen molar-refractivity contribution in [1.29, 1.82) is 0 Å². The SMILES string of the molecule is CCCOCC(=O)NC(C)(CC)C(N)=S. The van der Waals surface area contributed by atoms with E-state index in [0.717, 1.165) is 6.42 Å². The molecule has 0 rings (SSSR count). The van der Waals surface area contributed by atoms with Crippen molar-refractivity contribution in [3.05, 3.63) is 0 Å². The van der Waals surface area contributed by atoms with Crippen molar-refractivity contribution < 1.29 is 9.53 Å². The van der Waals surface area contributed by atoms with Crippen molar-refractivity contribution in [3.63, 3.8) is 0 Å². The van der Waals surface area contributed by atoms with Crippen LogP contribution >= 0.6 is 12.2 Å². The third kappa shape index (κ3) is 5.09. The quantitative estimate of drug-likeness (QED) is 0.507. The highest BCUT2D eigenvalue weighted by Crippen LogP contribution is 2.09. The van der Waals surface area contributed by atoms with Gasteiger partial charge in [0.15, 0.2) is 0 Å². The summed E-state index contributed by atoms with van der Waals surface area (Å²) in [5.74, 6) is -0.180. The van der Waals surface area contributed by atoms with Gasteiger partial charge in [-0.2, -0.15) is 0 Å². The van der Waals surface area contributed by atoms with Crippen LogP contribution in [0.1, 0.15) is 33.6 Å². The van der Waals surface area contributed by atoms with Crippen molar-refractivity contribution in [2.24, 2.45) is 5.73 Å². The zero-order chi connectivity index (χ0) is 11.9. The Labute approximate surface area is 96.5 Å². The Morgan fingerprint density at radius 3 is 2.53 bits per heavy atom. The van der Waals surface area contributed by atoms with Gasteiger partial charge in [0.25, 0.3) is 0 Å². The lowest BCUT2D eigenvalue weighted by atomic mass is 9.99. The highest BCUT2D eigenvalue weighted by molar-refractivity contribution is 7.80. The van der Waals surface area contributed by atoms with Crippen LogP contribution in [0.15, 0.2) is 0 Å². The van der Waals surface area contributed by atoms with Gasteiger partial charge in [0.2, 0.25) is 5.91 Å². The van der Waals surface area contributed by atoms with Crippen LogP contribution in [0.2, 0.25) is 0 Å². The molecule has 1 unspecified atom stereocenters. The van der Waals surface area contributed by atoms with Crippen molar-refractivity contribution in [2.75, 3.05) is 13.2 Å². The molecule has 1 atom stereocenters. The van der Waals surface area contributed by atoms with E-state index < -0.39 is 5.54 Å². The zero-order valence-corrected chi connectivity index (χ0v) is 10.4. The van der Waals surface area contributed by atoms with E-state index in [0.29, 0.717) is 18.0 Å². The molecule has 0 heterocycles. The van der Waals surface area contributed by atoms with E-state index >= 15 is 0 Å². The number of carbonyl (C=O) groups excluding carboxylic acids is 1. The molecule has 3 N–H and O–H groups in total. The smallest absolute Gasteiger partial charge is 0.246 e. The van der Waals surface area contributed by atoms with Gasteiger partial charge in [0, 0.05) is 6.61 Å². The van der Waals surface area contributed by atoms with Gasteiger partial charge in [-0.3, -0.25) is 4.79 Å². The molecule has 0 spiro atoms. The second-order valence-electron chi connectivity index (χ2n) is 3.65. The van der Waals surface area contributed by atoms with Crippen LogP contribution in [-0.4, -0.2) is 29.6 Å². The van der Waals surface area contributed by atoms with E-state index in [-0.39, 0.29) is 12.5 Å². The van der Waals surface area contributed by atoms with E-state index in [4.69, 9.17) is 22.7 Å². The Morgan fingerprint density at radius 1 is 1.53 bits per heavy atom. The molecule has 15 heavy (non-hydrogen) atoms. The molecule has 4 nitrogen and oxygen atoms in total. The maximum atomic E-state index is 11.4. The fourth-order valence-electron chi connectivity index (χ4n) is 0.977. The number of rotatable bonds is 7. The van der Waals surface area contributed by atoms with Crippen LogP contribution < -0.4 is 11.1 Å². The second kappa shape index (κ2) is 6.74.